The Bertz CT molecular complexity index is 264. The van der Waals surface area contributed by atoms with Gasteiger partial charge in [0.15, 0.2) is 0 Å². The van der Waals surface area contributed by atoms with Crippen molar-refractivity contribution in [1.82, 2.24) is 0 Å². The predicted molar refractivity (Wildman–Crippen MR) is 41.5 cm³/mol. The van der Waals surface area contributed by atoms with Gasteiger partial charge in [-0.3, -0.25) is 4.89 Å². The molecule has 0 amide bonds. The fraction of sp³-hybridized carbons (Fsp3) is 0.500. The average Bonchev–Trinajstić information content (AvgIpc) is 2.02. The van der Waals surface area contributed by atoms with Gasteiger partial charge in [-0.1, -0.05) is 10.4 Å². The first-order valence-electron chi connectivity index (χ1n) is 3.27. The number of hydrogen-bond acceptors (Lipinski definition) is 5. The van der Waals surface area contributed by atoms with Crippen LogP contribution in [-0.2, 0) is 24.1 Å². The number of rotatable bonds is 4. The summed E-state index contributed by atoms with van der Waals surface area (Å²) in [5.41, 5.74) is 0. The van der Waals surface area contributed by atoms with Gasteiger partial charge in [0.25, 0.3) is 0 Å². The first-order chi connectivity index (χ1) is 5.52. The Hall–Kier alpha value is -0.880. The van der Waals surface area contributed by atoms with Crippen LogP contribution in [0.1, 0.15) is 13.8 Å². The summed E-state index contributed by atoms with van der Waals surface area (Å²) in [5.74, 6) is -1.09. The van der Waals surface area contributed by atoms with Crippen molar-refractivity contribution >= 4 is 16.1 Å². The standard InChI is InChI=1S/C6H10O5S/c1-3-5-6(7)10-11-12(8,9)4-2/h3,5H,4H2,1-2H3. The van der Waals surface area contributed by atoms with Crippen molar-refractivity contribution in [3.05, 3.63) is 12.2 Å². The van der Waals surface area contributed by atoms with Crippen LogP contribution < -0.4 is 0 Å². The summed E-state index contributed by atoms with van der Waals surface area (Å²) in [5, 5.41) is 0. The Balaban J connectivity index is 3.93. The van der Waals surface area contributed by atoms with Crippen LogP contribution >= 0.6 is 0 Å². The topological polar surface area (TPSA) is 69.7 Å². The zero-order valence-corrected chi connectivity index (χ0v) is 7.63. The number of hydrogen-bond donors (Lipinski definition) is 0. The Kier molecular flexibility index (Phi) is 4.53. The minimum absolute atomic E-state index is 0.240. The van der Waals surface area contributed by atoms with Crippen LogP contribution in [0, 0.1) is 0 Å². The quantitative estimate of drug-likeness (QED) is 0.368. The van der Waals surface area contributed by atoms with Crippen molar-refractivity contribution in [1.29, 1.82) is 0 Å². The van der Waals surface area contributed by atoms with Crippen LogP contribution in [0.4, 0.5) is 0 Å². The van der Waals surface area contributed by atoms with Gasteiger partial charge < -0.3 is 0 Å². The van der Waals surface area contributed by atoms with E-state index in [9.17, 15) is 13.2 Å². The lowest BCUT2D eigenvalue weighted by molar-refractivity contribution is -0.204. The normalized spacial score (nSPS) is 11.8. The fourth-order valence-corrected chi connectivity index (χ4v) is 0.564. The summed E-state index contributed by atoms with van der Waals surface area (Å²) in [6.07, 6.45) is 2.45. The molecule has 0 aromatic heterocycles. The molecule has 12 heavy (non-hydrogen) atoms. The van der Waals surface area contributed by atoms with Gasteiger partial charge in [-0.2, -0.15) is 8.42 Å². The van der Waals surface area contributed by atoms with Crippen molar-refractivity contribution < 1.29 is 22.4 Å². The molecular formula is C6H10O5S. The maximum Gasteiger partial charge on any atom is 0.367 e. The molecule has 0 unspecified atom stereocenters. The first kappa shape index (κ1) is 11.1. The molecule has 0 aliphatic rings. The second-order valence-electron chi connectivity index (χ2n) is 1.82. The van der Waals surface area contributed by atoms with E-state index in [1.54, 1.807) is 6.92 Å². The highest BCUT2D eigenvalue weighted by Gasteiger charge is 2.10. The molecule has 0 aliphatic heterocycles. The molecule has 0 bridgehead atoms. The molecule has 0 atom stereocenters. The highest BCUT2D eigenvalue weighted by atomic mass is 32.2. The van der Waals surface area contributed by atoms with Gasteiger partial charge in [-0.25, -0.2) is 4.79 Å². The Labute approximate surface area is 71.0 Å². The van der Waals surface area contributed by atoms with E-state index in [0.717, 1.165) is 6.08 Å². The lowest BCUT2D eigenvalue weighted by Crippen LogP contribution is -2.11. The van der Waals surface area contributed by atoms with Crippen molar-refractivity contribution in [2.45, 2.75) is 13.8 Å². The van der Waals surface area contributed by atoms with E-state index in [1.807, 2.05) is 0 Å². The zero-order valence-electron chi connectivity index (χ0n) is 6.81. The van der Waals surface area contributed by atoms with Gasteiger partial charge in [0, 0.05) is 6.08 Å². The zero-order chi connectivity index (χ0) is 9.61. The molecular weight excluding hydrogens is 184 g/mol. The lowest BCUT2D eigenvalue weighted by atomic mass is 10.5. The van der Waals surface area contributed by atoms with E-state index in [1.165, 1.54) is 13.0 Å². The molecule has 0 radical (unpaired) electrons. The second-order valence-corrected chi connectivity index (χ2v) is 3.65. The molecule has 0 aliphatic carbocycles. The number of carbonyl (C=O) groups is 1. The molecule has 0 heterocycles. The Morgan fingerprint density at radius 3 is 2.50 bits per heavy atom. The maximum absolute atomic E-state index is 10.6. The smallest absolute Gasteiger partial charge is 0.277 e. The lowest BCUT2D eigenvalue weighted by Gasteiger charge is -1.98. The average molecular weight is 194 g/mol. The monoisotopic (exact) mass is 194 g/mol. The van der Waals surface area contributed by atoms with Crippen LogP contribution in [0.25, 0.3) is 0 Å². The fourth-order valence-electron chi connectivity index (χ4n) is 0.297. The minimum atomic E-state index is -3.71. The highest BCUT2D eigenvalue weighted by Crippen LogP contribution is 1.94. The Morgan fingerprint density at radius 2 is 2.08 bits per heavy atom. The van der Waals surface area contributed by atoms with Crippen LogP contribution in [0.15, 0.2) is 12.2 Å². The molecule has 0 saturated heterocycles. The predicted octanol–water partition coefficient (Wildman–Crippen LogP) is 0.387. The summed E-state index contributed by atoms with van der Waals surface area (Å²) in [7, 11) is -3.71. The molecule has 0 fully saturated rings. The molecule has 0 aromatic carbocycles. The first-order valence-corrected chi connectivity index (χ1v) is 4.85. The van der Waals surface area contributed by atoms with Gasteiger partial charge in [0.2, 0.25) is 0 Å². The van der Waals surface area contributed by atoms with Crippen molar-refractivity contribution in [2.24, 2.45) is 0 Å². The van der Waals surface area contributed by atoms with Gasteiger partial charge in [0.05, 0.1) is 5.75 Å². The molecule has 0 saturated carbocycles. The summed E-state index contributed by atoms with van der Waals surface area (Å²) in [6, 6.07) is 0. The molecule has 5 nitrogen and oxygen atoms in total. The van der Waals surface area contributed by atoms with Crippen molar-refractivity contribution in [2.75, 3.05) is 5.75 Å². The van der Waals surface area contributed by atoms with Crippen LogP contribution in [-0.4, -0.2) is 20.1 Å². The summed E-state index contributed by atoms with van der Waals surface area (Å²) in [4.78, 5) is 14.4. The molecule has 0 aromatic rings. The molecule has 6 heteroatoms. The van der Waals surface area contributed by atoms with Gasteiger partial charge in [-0.15, -0.1) is 0 Å². The van der Waals surface area contributed by atoms with E-state index in [-0.39, 0.29) is 5.75 Å². The van der Waals surface area contributed by atoms with Crippen LogP contribution in [0.3, 0.4) is 0 Å². The number of allylic oxidation sites excluding steroid dienone is 1. The van der Waals surface area contributed by atoms with Crippen molar-refractivity contribution in [3.63, 3.8) is 0 Å². The minimum Gasteiger partial charge on any atom is -0.277 e. The molecule has 0 spiro atoms. The van der Waals surface area contributed by atoms with E-state index >= 15 is 0 Å². The van der Waals surface area contributed by atoms with Gasteiger partial charge in [0.1, 0.15) is 0 Å². The third kappa shape index (κ3) is 4.86. The third-order valence-electron chi connectivity index (χ3n) is 0.876. The van der Waals surface area contributed by atoms with E-state index in [4.69, 9.17) is 0 Å². The SMILES string of the molecule is CC=CC(=O)OOS(=O)(=O)CC. The molecule has 70 valence electrons. The third-order valence-corrected chi connectivity index (χ3v) is 1.86. The van der Waals surface area contributed by atoms with E-state index in [0.29, 0.717) is 0 Å². The van der Waals surface area contributed by atoms with Crippen LogP contribution in [0.5, 0.6) is 0 Å². The van der Waals surface area contributed by atoms with Gasteiger partial charge >= 0.3 is 16.1 Å². The van der Waals surface area contributed by atoms with Gasteiger partial charge in [-0.05, 0) is 13.8 Å². The number of carbonyl (C=O) groups excluding carboxylic acids is 1. The maximum atomic E-state index is 10.6. The largest absolute Gasteiger partial charge is 0.367 e. The van der Waals surface area contributed by atoms with Crippen molar-refractivity contribution in [3.8, 4) is 0 Å². The van der Waals surface area contributed by atoms with Crippen LogP contribution in [0.2, 0.25) is 0 Å². The van der Waals surface area contributed by atoms with E-state index < -0.39 is 16.1 Å². The highest BCUT2D eigenvalue weighted by molar-refractivity contribution is 7.86. The van der Waals surface area contributed by atoms with E-state index in [2.05, 4.69) is 9.22 Å². The summed E-state index contributed by atoms with van der Waals surface area (Å²) in [6.45, 7) is 2.97. The second kappa shape index (κ2) is 4.89. The summed E-state index contributed by atoms with van der Waals surface area (Å²) >= 11 is 0. The Morgan fingerprint density at radius 1 is 1.50 bits per heavy atom. The molecule has 0 rings (SSSR count). The summed E-state index contributed by atoms with van der Waals surface area (Å²) < 4.78 is 25.0. The molecule has 0 N–H and O–H groups in total.